The number of rotatable bonds is 2. The largest absolute Gasteiger partial charge is 0.506 e. The first-order valence-electron chi connectivity index (χ1n) is 11.9. The Balaban J connectivity index is 0.000000140. The normalized spacial score (nSPS) is 10.2. The minimum absolute atomic E-state index is 0.0764. The summed E-state index contributed by atoms with van der Waals surface area (Å²) in [4.78, 5) is 34.0. The van der Waals surface area contributed by atoms with Gasteiger partial charge in [-0.15, -0.1) is 0 Å². The molecule has 0 saturated carbocycles. The standard InChI is InChI=1S/C11H10N2O2.C10H7NO3.C9H7NO/c1-12-11(15)8-5-4-7-3-2-6-13-9(7)10(8)14;12-9-7(10(13)14)4-3-6-2-1-5-11-8(6)9;11-8-5-1-3-7-4-2-6-10-9(7)8/h2-6,14H,1H3,(H,12,15);1-5,12H,(H,13,14);1-6,11H. The van der Waals surface area contributed by atoms with Gasteiger partial charge in [0.05, 0.1) is 5.56 Å². The first-order chi connectivity index (χ1) is 19.3. The van der Waals surface area contributed by atoms with Crippen molar-refractivity contribution in [3.8, 4) is 17.2 Å². The lowest BCUT2D eigenvalue weighted by Gasteiger charge is -2.05. The average Bonchev–Trinajstić information content (AvgIpc) is 2.98. The van der Waals surface area contributed by atoms with Crippen LogP contribution in [0, 0.1) is 0 Å². The van der Waals surface area contributed by atoms with Gasteiger partial charge in [0, 0.05) is 41.8 Å². The van der Waals surface area contributed by atoms with Gasteiger partial charge < -0.3 is 25.7 Å². The van der Waals surface area contributed by atoms with E-state index in [-0.39, 0.29) is 34.3 Å². The quantitative estimate of drug-likeness (QED) is 0.207. The van der Waals surface area contributed by atoms with Crippen LogP contribution in [0.5, 0.6) is 17.2 Å². The predicted octanol–water partition coefficient (Wildman–Crippen LogP) is 4.88. The number of hydrogen-bond donors (Lipinski definition) is 5. The monoisotopic (exact) mass is 536 g/mol. The molecule has 6 rings (SSSR count). The minimum atomic E-state index is -1.16. The number of nitrogens with one attached hydrogen (secondary N) is 1. The Morgan fingerprint density at radius 1 is 0.600 bits per heavy atom. The summed E-state index contributed by atoms with van der Waals surface area (Å²) in [6.07, 6.45) is 4.76. The summed E-state index contributed by atoms with van der Waals surface area (Å²) in [5, 5.41) is 42.4. The number of hydrogen-bond acceptors (Lipinski definition) is 8. The average molecular weight is 537 g/mol. The zero-order valence-electron chi connectivity index (χ0n) is 21.2. The first kappa shape index (κ1) is 27.3. The highest BCUT2D eigenvalue weighted by atomic mass is 16.4. The van der Waals surface area contributed by atoms with E-state index in [1.165, 1.54) is 19.3 Å². The van der Waals surface area contributed by atoms with Crippen LogP contribution in [0.1, 0.15) is 20.7 Å². The first-order valence-corrected chi connectivity index (χ1v) is 11.9. The Labute approximate surface area is 227 Å². The summed E-state index contributed by atoms with van der Waals surface area (Å²) >= 11 is 0. The molecular weight excluding hydrogens is 512 g/mol. The van der Waals surface area contributed by atoms with Crippen LogP contribution in [0.25, 0.3) is 32.7 Å². The van der Waals surface area contributed by atoms with E-state index in [4.69, 9.17) is 5.11 Å². The fourth-order valence-electron chi connectivity index (χ4n) is 3.84. The van der Waals surface area contributed by atoms with Gasteiger partial charge in [0.2, 0.25) is 0 Å². The van der Waals surface area contributed by atoms with Crippen molar-refractivity contribution in [2.24, 2.45) is 0 Å². The molecule has 5 N–H and O–H groups in total. The molecule has 0 aliphatic rings. The maximum Gasteiger partial charge on any atom is 0.339 e. The third-order valence-corrected chi connectivity index (χ3v) is 5.81. The van der Waals surface area contributed by atoms with E-state index in [2.05, 4.69) is 20.3 Å². The predicted molar refractivity (Wildman–Crippen MR) is 151 cm³/mol. The van der Waals surface area contributed by atoms with Crippen LogP contribution in [0.15, 0.2) is 97.5 Å². The molecule has 10 heteroatoms. The van der Waals surface area contributed by atoms with Crippen LogP contribution in [0.3, 0.4) is 0 Å². The number of phenolic OH excluding ortho intramolecular Hbond substituents is 2. The number of para-hydroxylation sites is 1. The van der Waals surface area contributed by atoms with Gasteiger partial charge in [0.1, 0.15) is 27.9 Å². The third-order valence-electron chi connectivity index (χ3n) is 5.81. The van der Waals surface area contributed by atoms with Crippen LogP contribution in [0.2, 0.25) is 0 Å². The number of carbonyl (C=O) groups is 2. The van der Waals surface area contributed by atoms with Gasteiger partial charge in [-0.25, -0.2) is 4.79 Å². The van der Waals surface area contributed by atoms with Crippen molar-refractivity contribution in [1.82, 2.24) is 20.3 Å². The van der Waals surface area contributed by atoms with Crippen LogP contribution < -0.4 is 5.32 Å². The van der Waals surface area contributed by atoms with Gasteiger partial charge in [0.15, 0.2) is 11.5 Å². The maximum atomic E-state index is 11.4. The highest BCUT2D eigenvalue weighted by Gasteiger charge is 2.13. The van der Waals surface area contributed by atoms with Crippen LogP contribution >= 0.6 is 0 Å². The summed E-state index contributed by atoms with van der Waals surface area (Å²) in [5.74, 6) is -1.60. The molecule has 0 aliphatic heterocycles. The Hall–Kier alpha value is -5.77. The number of aromatic hydroxyl groups is 3. The Bertz CT molecular complexity index is 1840. The third kappa shape index (κ3) is 5.86. The Kier molecular flexibility index (Phi) is 8.31. The molecule has 1 amide bonds. The number of aromatic nitrogens is 3. The van der Waals surface area contributed by atoms with Crippen molar-refractivity contribution in [3.05, 3.63) is 109 Å². The molecule has 0 fully saturated rings. The van der Waals surface area contributed by atoms with Crippen LogP contribution in [-0.2, 0) is 0 Å². The van der Waals surface area contributed by atoms with Crippen molar-refractivity contribution in [2.45, 2.75) is 0 Å². The number of pyridine rings is 3. The molecule has 0 atom stereocenters. The lowest BCUT2D eigenvalue weighted by molar-refractivity contribution is 0.0693. The highest BCUT2D eigenvalue weighted by molar-refractivity contribution is 6.02. The van der Waals surface area contributed by atoms with E-state index >= 15 is 0 Å². The van der Waals surface area contributed by atoms with Crippen LogP contribution in [0.4, 0.5) is 0 Å². The van der Waals surface area contributed by atoms with Gasteiger partial charge in [-0.2, -0.15) is 0 Å². The second kappa shape index (κ2) is 12.2. The topological polar surface area (TPSA) is 166 Å². The second-order valence-electron chi connectivity index (χ2n) is 8.31. The molecule has 200 valence electrons. The van der Waals surface area contributed by atoms with E-state index < -0.39 is 5.97 Å². The summed E-state index contributed by atoms with van der Waals surface area (Å²) in [6.45, 7) is 0. The van der Waals surface area contributed by atoms with E-state index in [1.54, 1.807) is 60.9 Å². The number of benzene rings is 3. The molecule has 0 radical (unpaired) electrons. The Morgan fingerprint density at radius 2 is 1.05 bits per heavy atom. The smallest absolute Gasteiger partial charge is 0.339 e. The second-order valence-corrected chi connectivity index (χ2v) is 8.31. The van der Waals surface area contributed by atoms with Crippen LogP contribution in [-0.4, -0.2) is 54.3 Å². The summed E-state index contributed by atoms with van der Waals surface area (Å²) in [6, 6.07) is 22.5. The molecule has 0 unspecified atom stereocenters. The fourth-order valence-corrected chi connectivity index (χ4v) is 3.84. The Morgan fingerprint density at radius 3 is 1.55 bits per heavy atom. The zero-order valence-corrected chi connectivity index (χ0v) is 21.2. The molecule has 0 bridgehead atoms. The summed E-state index contributed by atoms with van der Waals surface area (Å²) in [7, 11) is 1.52. The number of carboxylic acid groups (broad SMARTS) is 1. The van der Waals surface area contributed by atoms with Gasteiger partial charge in [-0.05, 0) is 36.4 Å². The molecule has 3 aromatic heterocycles. The summed E-state index contributed by atoms with van der Waals surface area (Å²) in [5.41, 5.74) is 1.53. The molecule has 0 spiro atoms. The number of fused-ring (bicyclic) bond motifs is 3. The summed E-state index contributed by atoms with van der Waals surface area (Å²) < 4.78 is 0. The number of phenols is 3. The maximum absolute atomic E-state index is 11.4. The number of carbonyl (C=O) groups excluding carboxylic acids is 1. The van der Waals surface area contributed by atoms with E-state index in [0.29, 0.717) is 16.6 Å². The highest BCUT2D eigenvalue weighted by Crippen LogP contribution is 2.27. The molecule has 0 aliphatic carbocycles. The van der Waals surface area contributed by atoms with Crippen molar-refractivity contribution < 1.29 is 30.0 Å². The minimum Gasteiger partial charge on any atom is -0.506 e. The van der Waals surface area contributed by atoms with Crippen molar-refractivity contribution >= 4 is 44.6 Å². The van der Waals surface area contributed by atoms with E-state index in [0.717, 1.165) is 16.2 Å². The molecular formula is C30H24N4O6. The SMILES string of the molecule is CNC(=O)c1ccc2cccnc2c1O.O=C(O)c1ccc2cccnc2c1O.Oc1cccc2cccnc12. The molecule has 3 aromatic carbocycles. The molecule has 3 heterocycles. The fraction of sp³-hybridized carbons (Fsp3) is 0.0333. The number of carboxylic acids is 1. The van der Waals surface area contributed by atoms with E-state index in [9.17, 15) is 24.9 Å². The van der Waals surface area contributed by atoms with Crippen molar-refractivity contribution in [3.63, 3.8) is 0 Å². The zero-order chi connectivity index (χ0) is 28.6. The number of aromatic carboxylic acids is 1. The lowest BCUT2D eigenvalue weighted by Crippen LogP contribution is -2.17. The lowest BCUT2D eigenvalue weighted by atomic mass is 10.1. The molecule has 40 heavy (non-hydrogen) atoms. The number of nitrogens with zero attached hydrogens (tertiary/aromatic N) is 3. The molecule has 10 nitrogen and oxygen atoms in total. The van der Waals surface area contributed by atoms with Gasteiger partial charge in [-0.3, -0.25) is 19.7 Å². The van der Waals surface area contributed by atoms with Crippen molar-refractivity contribution in [2.75, 3.05) is 7.05 Å². The van der Waals surface area contributed by atoms with Gasteiger partial charge in [-0.1, -0.05) is 42.5 Å². The molecule has 0 saturated heterocycles. The van der Waals surface area contributed by atoms with Gasteiger partial charge >= 0.3 is 5.97 Å². The number of amides is 1. The van der Waals surface area contributed by atoms with Gasteiger partial charge in [0.25, 0.3) is 5.91 Å². The molecule has 6 aromatic rings. The van der Waals surface area contributed by atoms with Crippen molar-refractivity contribution in [1.29, 1.82) is 0 Å². The van der Waals surface area contributed by atoms with E-state index in [1.807, 2.05) is 24.3 Å².